The SMILES string of the molecule is CCC(=O)C=C(O)c1ccccc1. The van der Waals surface area contributed by atoms with Crippen LogP contribution in [0.15, 0.2) is 36.4 Å². The zero-order valence-electron chi connectivity index (χ0n) is 7.53. The van der Waals surface area contributed by atoms with Gasteiger partial charge in [0.25, 0.3) is 0 Å². The minimum absolute atomic E-state index is 0.0347. The molecule has 0 aliphatic rings. The molecule has 1 N–H and O–H groups in total. The highest BCUT2D eigenvalue weighted by molar-refractivity contribution is 5.95. The van der Waals surface area contributed by atoms with E-state index in [-0.39, 0.29) is 11.5 Å². The van der Waals surface area contributed by atoms with Gasteiger partial charge in [-0.05, 0) is 0 Å². The van der Waals surface area contributed by atoms with E-state index < -0.39 is 0 Å². The van der Waals surface area contributed by atoms with Gasteiger partial charge in [0, 0.05) is 18.1 Å². The van der Waals surface area contributed by atoms with Crippen LogP contribution >= 0.6 is 0 Å². The maximum Gasteiger partial charge on any atom is 0.159 e. The van der Waals surface area contributed by atoms with E-state index in [9.17, 15) is 9.90 Å². The fourth-order valence-electron chi connectivity index (χ4n) is 0.947. The molecule has 13 heavy (non-hydrogen) atoms. The molecule has 0 aromatic heterocycles. The molecular formula is C11H12O2. The molecule has 0 bridgehead atoms. The van der Waals surface area contributed by atoms with E-state index in [1.165, 1.54) is 6.08 Å². The molecule has 1 rings (SSSR count). The van der Waals surface area contributed by atoms with Gasteiger partial charge in [-0.25, -0.2) is 0 Å². The maximum atomic E-state index is 11.0. The summed E-state index contributed by atoms with van der Waals surface area (Å²) in [6.45, 7) is 1.76. The van der Waals surface area contributed by atoms with E-state index in [2.05, 4.69) is 0 Å². The number of hydrogen-bond donors (Lipinski definition) is 1. The Labute approximate surface area is 77.5 Å². The van der Waals surface area contributed by atoms with Gasteiger partial charge >= 0.3 is 0 Å². The van der Waals surface area contributed by atoms with Gasteiger partial charge in [0.1, 0.15) is 5.76 Å². The Morgan fingerprint density at radius 2 is 2.00 bits per heavy atom. The first-order valence-electron chi connectivity index (χ1n) is 4.23. The second-order valence-corrected chi connectivity index (χ2v) is 2.72. The average Bonchev–Trinajstić information content (AvgIpc) is 2.19. The monoisotopic (exact) mass is 176 g/mol. The van der Waals surface area contributed by atoms with Crippen molar-refractivity contribution in [1.82, 2.24) is 0 Å². The van der Waals surface area contributed by atoms with Crippen molar-refractivity contribution in [3.8, 4) is 0 Å². The van der Waals surface area contributed by atoms with Crippen LogP contribution < -0.4 is 0 Å². The molecule has 1 aromatic rings. The molecule has 0 saturated heterocycles. The van der Waals surface area contributed by atoms with E-state index in [0.29, 0.717) is 12.0 Å². The highest BCUT2D eigenvalue weighted by Crippen LogP contribution is 2.10. The number of rotatable bonds is 3. The third kappa shape index (κ3) is 2.75. The molecule has 0 aliphatic carbocycles. The summed E-state index contributed by atoms with van der Waals surface area (Å²) in [6.07, 6.45) is 1.67. The Bertz CT molecular complexity index is 312. The molecule has 0 aliphatic heterocycles. The lowest BCUT2D eigenvalue weighted by Crippen LogP contribution is -1.91. The van der Waals surface area contributed by atoms with Crippen molar-refractivity contribution in [3.05, 3.63) is 42.0 Å². The molecule has 0 amide bonds. The molecule has 0 spiro atoms. The van der Waals surface area contributed by atoms with Crippen molar-refractivity contribution < 1.29 is 9.90 Å². The quantitative estimate of drug-likeness (QED) is 0.567. The van der Waals surface area contributed by atoms with Gasteiger partial charge < -0.3 is 5.11 Å². The van der Waals surface area contributed by atoms with Crippen molar-refractivity contribution in [2.75, 3.05) is 0 Å². The first-order valence-corrected chi connectivity index (χ1v) is 4.23. The van der Waals surface area contributed by atoms with Crippen LogP contribution in [0, 0.1) is 0 Å². The standard InChI is InChI=1S/C11H12O2/c1-2-10(12)8-11(13)9-6-4-3-5-7-9/h3-8,13H,2H2,1H3. The summed E-state index contributed by atoms with van der Waals surface area (Å²) < 4.78 is 0. The Hall–Kier alpha value is -1.57. The first kappa shape index (κ1) is 9.52. The van der Waals surface area contributed by atoms with E-state index in [1.807, 2.05) is 18.2 Å². The number of aliphatic hydroxyl groups is 1. The van der Waals surface area contributed by atoms with Gasteiger partial charge in [0.2, 0.25) is 0 Å². The average molecular weight is 176 g/mol. The summed E-state index contributed by atoms with van der Waals surface area (Å²) >= 11 is 0. The molecule has 0 heterocycles. The molecule has 0 unspecified atom stereocenters. The van der Waals surface area contributed by atoms with Crippen LogP contribution in [0.2, 0.25) is 0 Å². The van der Waals surface area contributed by atoms with E-state index in [0.717, 1.165) is 0 Å². The zero-order chi connectivity index (χ0) is 9.68. The minimum atomic E-state index is -0.0682. The van der Waals surface area contributed by atoms with Gasteiger partial charge in [-0.1, -0.05) is 37.3 Å². The number of benzene rings is 1. The molecule has 0 radical (unpaired) electrons. The number of carbonyl (C=O) groups is 1. The number of carbonyl (C=O) groups excluding carboxylic acids is 1. The van der Waals surface area contributed by atoms with Crippen LogP contribution in [-0.2, 0) is 4.79 Å². The normalized spacial score (nSPS) is 11.3. The molecule has 2 heteroatoms. The van der Waals surface area contributed by atoms with Crippen LogP contribution in [0.5, 0.6) is 0 Å². The third-order valence-electron chi connectivity index (χ3n) is 1.72. The largest absolute Gasteiger partial charge is 0.507 e. The molecular weight excluding hydrogens is 164 g/mol. The molecule has 0 fully saturated rings. The fraction of sp³-hybridized carbons (Fsp3) is 0.182. The highest BCUT2D eigenvalue weighted by Gasteiger charge is 1.99. The predicted molar refractivity (Wildman–Crippen MR) is 52.3 cm³/mol. The van der Waals surface area contributed by atoms with Gasteiger partial charge in [-0.15, -0.1) is 0 Å². The van der Waals surface area contributed by atoms with Gasteiger partial charge in [-0.3, -0.25) is 4.79 Å². The molecule has 0 saturated carbocycles. The Morgan fingerprint density at radius 3 is 2.54 bits per heavy atom. The first-order chi connectivity index (χ1) is 6.24. The fourth-order valence-corrected chi connectivity index (χ4v) is 0.947. The lowest BCUT2D eigenvalue weighted by atomic mass is 10.1. The van der Waals surface area contributed by atoms with Crippen LogP contribution in [0.4, 0.5) is 0 Å². The second-order valence-electron chi connectivity index (χ2n) is 2.72. The van der Waals surface area contributed by atoms with E-state index >= 15 is 0 Å². The van der Waals surface area contributed by atoms with Crippen LogP contribution in [0.3, 0.4) is 0 Å². The lowest BCUT2D eigenvalue weighted by molar-refractivity contribution is -0.114. The topological polar surface area (TPSA) is 37.3 Å². The number of hydrogen-bond acceptors (Lipinski definition) is 2. The lowest BCUT2D eigenvalue weighted by Gasteiger charge is -1.97. The summed E-state index contributed by atoms with van der Waals surface area (Å²) in [4.78, 5) is 11.0. The van der Waals surface area contributed by atoms with Crippen molar-refractivity contribution in [3.63, 3.8) is 0 Å². The van der Waals surface area contributed by atoms with Crippen molar-refractivity contribution in [2.45, 2.75) is 13.3 Å². The highest BCUT2D eigenvalue weighted by atomic mass is 16.3. The van der Waals surface area contributed by atoms with E-state index in [1.54, 1.807) is 19.1 Å². The van der Waals surface area contributed by atoms with Crippen molar-refractivity contribution in [2.24, 2.45) is 0 Å². The smallest absolute Gasteiger partial charge is 0.159 e. The minimum Gasteiger partial charge on any atom is -0.507 e. The summed E-state index contributed by atoms with van der Waals surface area (Å²) in [5, 5.41) is 9.46. The van der Waals surface area contributed by atoms with Gasteiger partial charge in [-0.2, -0.15) is 0 Å². The predicted octanol–water partition coefficient (Wildman–Crippen LogP) is 2.56. The van der Waals surface area contributed by atoms with Gasteiger partial charge in [0.15, 0.2) is 5.78 Å². The summed E-state index contributed by atoms with van der Waals surface area (Å²) in [6, 6.07) is 9.01. The molecule has 0 atom stereocenters. The van der Waals surface area contributed by atoms with Crippen LogP contribution in [0.1, 0.15) is 18.9 Å². The van der Waals surface area contributed by atoms with E-state index in [4.69, 9.17) is 0 Å². The van der Waals surface area contributed by atoms with Crippen LogP contribution in [-0.4, -0.2) is 10.9 Å². The summed E-state index contributed by atoms with van der Waals surface area (Å²) in [5.74, 6) is -0.0335. The Balaban J connectivity index is 2.85. The number of aliphatic hydroxyl groups excluding tert-OH is 1. The molecule has 1 aromatic carbocycles. The number of ketones is 1. The molecule has 68 valence electrons. The second kappa shape index (κ2) is 4.45. The molecule has 2 nitrogen and oxygen atoms in total. The Morgan fingerprint density at radius 1 is 1.38 bits per heavy atom. The maximum absolute atomic E-state index is 11.0. The summed E-state index contributed by atoms with van der Waals surface area (Å²) in [7, 11) is 0. The number of allylic oxidation sites excluding steroid dienone is 1. The van der Waals surface area contributed by atoms with Crippen molar-refractivity contribution in [1.29, 1.82) is 0 Å². The van der Waals surface area contributed by atoms with Crippen LogP contribution in [0.25, 0.3) is 5.76 Å². The third-order valence-corrected chi connectivity index (χ3v) is 1.72. The Kier molecular flexibility index (Phi) is 3.26. The van der Waals surface area contributed by atoms with Crippen molar-refractivity contribution >= 4 is 11.5 Å². The zero-order valence-corrected chi connectivity index (χ0v) is 7.53. The van der Waals surface area contributed by atoms with Gasteiger partial charge in [0.05, 0.1) is 0 Å². The summed E-state index contributed by atoms with van der Waals surface area (Å²) in [5.41, 5.74) is 0.671.